The van der Waals surface area contributed by atoms with E-state index in [2.05, 4.69) is 181 Å². The van der Waals surface area contributed by atoms with Crippen LogP contribution in [0.4, 0.5) is 17.1 Å². The van der Waals surface area contributed by atoms with Gasteiger partial charge in [0.15, 0.2) is 0 Å². The molecule has 2 aromatic heterocycles. The van der Waals surface area contributed by atoms with Crippen LogP contribution in [0.1, 0.15) is 0 Å². The van der Waals surface area contributed by atoms with Gasteiger partial charge in [0.1, 0.15) is 22.3 Å². The Bertz CT molecular complexity index is 3180. The van der Waals surface area contributed by atoms with Crippen LogP contribution in [0.2, 0.25) is 0 Å². The molecule has 3 heteroatoms. The monoisotopic (exact) mass is 677 g/mol. The Kier molecular flexibility index (Phi) is 6.55. The summed E-state index contributed by atoms with van der Waals surface area (Å²) in [6.07, 6.45) is 0. The highest BCUT2D eigenvalue weighted by Gasteiger charge is 2.22. The van der Waals surface area contributed by atoms with Crippen LogP contribution in [0.25, 0.3) is 87.7 Å². The average molecular weight is 678 g/mol. The predicted molar refractivity (Wildman–Crippen MR) is 222 cm³/mol. The Labute approximate surface area is 305 Å². The maximum Gasteiger partial charge on any atom is 0.143 e. The van der Waals surface area contributed by atoms with Crippen LogP contribution in [0.5, 0.6) is 0 Å². The van der Waals surface area contributed by atoms with E-state index < -0.39 is 0 Å². The molecule has 11 rings (SSSR count). The Hall–Kier alpha value is -7.10. The number of para-hydroxylation sites is 2. The minimum atomic E-state index is 0.882. The number of fused-ring (bicyclic) bond motifs is 9. The van der Waals surface area contributed by atoms with Crippen LogP contribution >= 0.6 is 0 Å². The molecule has 53 heavy (non-hydrogen) atoms. The molecule has 11 aromatic rings. The molecule has 0 radical (unpaired) electrons. The predicted octanol–water partition coefficient (Wildman–Crippen LogP) is 14.6. The Morgan fingerprint density at radius 3 is 1.85 bits per heavy atom. The van der Waals surface area contributed by atoms with Crippen LogP contribution in [0.3, 0.4) is 0 Å². The van der Waals surface area contributed by atoms with Crippen LogP contribution in [-0.4, -0.2) is 0 Å². The summed E-state index contributed by atoms with van der Waals surface area (Å²) in [6, 6.07) is 66.9. The fourth-order valence-electron chi connectivity index (χ4n) is 8.19. The lowest BCUT2D eigenvalue weighted by Gasteiger charge is -2.29. The topological polar surface area (TPSA) is 29.5 Å². The summed E-state index contributed by atoms with van der Waals surface area (Å²) in [5.74, 6) is 0. The second-order valence-electron chi connectivity index (χ2n) is 13.7. The van der Waals surface area contributed by atoms with Gasteiger partial charge in [0, 0.05) is 43.6 Å². The lowest BCUT2D eigenvalue weighted by molar-refractivity contribution is 0.669. The molecule has 0 amide bonds. The van der Waals surface area contributed by atoms with Crippen LogP contribution in [0, 0.1) is 0 Å². The van der Waals surface area contributed by atoms with Gasteiger partial charge in [-0.2, -0.15) is 0 Å². The minimum Gasteiger partial charge on any atom is -0.456 e. The van der Waals surface area contributed by atoms with Gasteiger partial charge < -0.3 is 13.7 Å². The van der Waals surface area contributed by atoms with E-state index in [-0.39, 0.29) is 0 Å². The fourth-order valence-corrected chi connectivity index (χ4v) is 8.19. The van der Waals surface area contributed by atoms with E-state index >= 15 is 0 Å². The first-order valence-electron chi connectivity index (χ1n) is 18.0. The van der Waals surface area contributed by atoms with E-state index in [0.29, 0.717) is 0 Å². The molecule has 0 atom stereocenters. The van der Waals surface area contributed by atoms with Gasteiger partial charge in [-0.05, 0) is 82.1 Å². The molecule has 0 bridgehead atoms. The molecular formula is C50H31NO2. The van der Waals surface area contributed by atoms with E-state index in [9.17, 15) is 0 Å². The summed E-state index contributed by atoms with van der Waals surface area (Å²) < 4.78 is 12.8. The highest BCUT2D eigenvalue weighted by molar-refractivity contribution is 6.20. The first-order valence-corrected chi connectivity index (χ1v) is 18.0. The number of anilines is 3. The van der Waals surface area contributed by atoms with E-state index in [1.54, 1.807) is 0 Å². The highest BCUT2D eigenvalue weighted by atomic mass is 16.3. The number of hydrogen-bond donors (Lipinski definition) is 0. The molecule has 0 aliphatic carbocycles. The van der Waals surface area contributed by atoms with Gasteiger partial charge >= 0.3 is 0 Å². The second-order valence-corrected chi connectivity index (χ2v) is 13.7. The van der Waals surface area contributed by atoms with Gasteiger partial charge in [-0.3, -0.25) is 0 Å². The molecule has 3 nitrogen and oxygen atoms in total. The van der Waals surface area contributed by atoms with Crippen molar-refractivity contribution in [3.05, 3.63) is 188 Å². The average Bonchev–Trinajstić information content (AvgIpc) is 3.80. The molecule has 9 aromatic carbocycles. The number of rotatable bonds is 5. The first-order chi connectivity index (χ1) is 26.3. The van der Waals surface area contributed by atoms with Crippen molar-refractivity contribution in [2.24, 2.45) is 0 Å². The summed E-state index contributed by atoms with van der Waals surface area (Å²) in [5, 5.41) is 9.17. The van der Waals surface area contributed by atoms with Gasteiger partial charge in [0.05, 0.1) is 11.4 Å². The van der Waals surface area contributed by atoms with E-state index in [1.165, 1.54) is 16.2 Å². The number of hydrogen-bond acceptors (Lipinski definition) is 3. The molecule has 2 heterocycles. The van der Waals surface area contributed by atoms with Gasteiger partial charge in [-0.15, -0.1) is 0 Å². The molecule has 0 saturated carbocycles. The smallest absolute Gasteiger partial charge is 0.143 e. The number of benzene rings is 9. The maximum atomic E-state index is 6.64. The fraction of sp³-hybridized carbons (Fsp3) is 0. The lowest BCUT2D eigenvalue weighted by Crippen LogP contribution is -2.11. The standard InChI is InChI=1S/C50H31NO2/c1-3-14-37-33(11-1)13-9-20-44(37)51(36-27-23-32(24-28-36)35-26-30-47-43(31-35)40-17-6-8-21-46(40)52-47)45-19-7-5-16-39(45)41-18-10-22-48-49(41)42-29-25-34-12-2-4-15-38(34)50(42)53-48/h1-31H. The van der Waals surface area contributed by atoms with Crippen molar-refractivity contribution >= 4 is 82.5 Å². The van der Waals surface area contributed by atoms with Crippen molar-refractivity contribution in [3.8, 4) is 22.3 Å². The zero-order chi connectivity index (χ0) is 34.9. The number of nitrogens with zero attached hydrogens (tertiary/aromatic N) is 1. The largest absolute Gasteiger partial charge is 0.456 e. The van der Waals surface area contributed by atoms with E-state index in [0.717, 1.165) is 88.6 Å². The minimum absolute atomic E-state index is 0.882. The van der Waals surface area contributed by atoms with Crippen molar-refractivity contribution in [2.75, 3.05) is 4.90 Å². The summed E-state index contributed by atoms with van der Waals surface area (Å²) >= 11 is 0. The molecule has 248 valence electrons. The Morgan fingerprint density at radius 2 is 0.962 bits per heavy atom. The number of furan rings is 2. The molecular weight excluding hydrogens is 647 g/mol. The van der Waals surface area contributed by atoms with Crippen molar-refractivity contribution in [2.45, 2.75) is 0 Å². The first kappa shape index (κ1) is 29.6. The quantitative estimate of drug-likeness (QED) is 0.182. The molecule has 0 fully saturated rings. The van der Waals surface area contributed by atoms with Crippen molar-refractivity contribution in [1.82, 2.24) is 0 Å². The summed E-state index contributed by atoms with van der Waals surface area (Å²) in [6.45, 7) is 0. The normalized spacial score (nSPS) is 11.8. The van der Waals surface area contributed by atoms with E-state index in [1.807, 2.05) is 12.1 Å². The van der Waals surface area contributed by atoms with Gasteiger partial charge in [0.25, 0.3) is 0 Å². The molecule has 0 spiro atoms. The summed E-state index contributed by atoms with van der Waals surface area (Å²) in [4.78, 5) is 2.41. The van der Waals surface area contributed by atoms with Gasteiger partial charge in [-0.25, -0.2) is 0 Å². The zero-order valence-electron chi connectivity index (χ0n) is 28.7. The summed E-state index contributed by atoms with van der Waals surface area (Å²) in [5.41, 5.74) is 11.5. The van der Waals surface area contributed by atoms with Crippen molar-refractivity contribution in [1.29, 1.82) is 0 Å². The molecule has 0 aliphatic rings. The van der Waals surface area contributed by atoms with Crippen molar-refractivity contribution < 1.29 is 8.83 Å². The van der Waals surface area contributed by atoms with Crippen molar-refractivity contribution in [3.63, 3.8) is 0 Å². The van der Waals surface area contributed by atoms with Crippen LogP contribution < -0.4 is 4.90 Å². The molecule has 0 unspecified atom stereocenters. The van der Waals surface area contributed by atoms with Crippen LogP contribution in [-0.2, 0) is 0 Å². The van der Waals surface area contributed by atoms with Gasteiger partial charge in [0.2, 0.25) is 0 Å². The third kappa shape index (κ3) is 4.68. The maximum absolute atomic E-state index is 6.64. The van der Waals surface area contributed by atoms with Crippen LogP contribution in [0.15, 0.2) is 197 Å². The molecule has 0 N–H and O–H groups in total. The SMILES string of the molecule is c1ccc(N(c2ccc(-c3ccc4oc5ccccc5c4c3)cc2)c2cccc3ccccc23)c(-c2cccc3oc4c5ccccc5ccc4c23)c1. The third-order valence-corrected chi connectivity index (χ3v) is 10.7. The Balaban J connectivity index is 1.11. The van der Waals surface area contributed by atoms with Gasteiger partial charge in [-0.1, -0.05) is 133 Å². The summed E-state index contributed by atoms with van der Waals surface area (Å²) in [7, 11) is 0. The molecule has 0 saturated heterocycles. The highest BCUT2D eigenvalue weighted by Crippen LogP contribution is 2.47. The third-order valence-electron chi connectivity index (χ3n) is 10.7. The Morgan fingerprint density at radius 1 is 0.340 bits per heavy atom. The molecule has 0 aliphatic heterocycles. The zero-order valence-corrected chi connectivity index (χ0v) is 28.7. The second kappa shape index (κ2) is 11.7. The lowest BCUT2D eigenvalue weighted by atomic mass is 9.95. The van der Waals surface area contributed by atoms with E-state index in [4.69, 9.17) is 8.83 Å².